The summed E-state index contributed by atoms with van der Waals surface area (Å²) in [5.74, 6) is 1.55. The van der Waals surface area contributed by atoms with Gasteiger partial charge in [0.25, 0.3) is 0 Å². The van der Waals surface area contributed by atoms with Crippen LogP contribution in [-0.2, 0) is 6.42 Å². The molecule has 2 unspecified atom stereocenters. The molecule has 0 aromatic heterocycles. The van der Waals surface area contributed by atoms with Crippen molar-refractivity contribution in [3.05, 3.63) is 35.4 Å². The third kappa shape index (κ3) is 3.82. The van der Waals surface area contributed by atoms with Crippen molar-refractivity contribution in [2.75, 3.05) is 7.05 Å². The molecule has 0 aliphatic heterocycles. The van der Waals surface area contributed by atoms with Crippen LogP contribution in [0.2, 0.25) is 0 Å². The summed E-state index contributed by atoms with van der Waals surface area (Å²) < 4.78 is 0. The molecule has 0 amide bonds. The van der Waals surface area contributed by atoms with E-state index in [-0.39, 0.29) is 0 Å². The summed E-state index contributed by atoms with van der Waals surface area (Å²) >= 11 is 0. The van der Waals surface area contributed by atoms with Gasteiger partial charge in [0.15, 0.2) is 0 Å². The summed E-state index contributed by atoms with van der Waals surface area (Å²) in [6, 6.07) is 9.72. The molecule has 0 saturated carbocycles. The van der Waals surface area contributed by atoms with Gasteiger partial charge in [-0.25, -0.2) is 0 Å². The van der Waals surface area contributed by atoms with E-state index in [1.807, 2.05) is 0 Å². The molecule has 2 rings (SSSR count). The highest BCUT2D eigenvalue weighted by atomic mass is 14.9. The van der Waals surface area contributed by atoms with Gasteiger partial charge < -0.3 is 5.32 Å². The average molecular weight is 259 g/mol. The van der Waals surface area contributed by atoms with Crippen LogP contribution in [0.15, 0.2) is 24.3 Å². The summed E-state index contributed by atoms with van der Waals surface area (Å²) in [5, 5.41) is 3.59. The molecule has 1 nitrogen and oxygen atoms in total. The molecule has 1 N–H and O–H groups in total. The van der Waals surface area contributed by atoms with Crippen LogP contribution >= 0.6 is 0 Å². The molecule has 2 atom stereocenters. The number of aryl methyl sites for hydroxylation is 1. The first-order valence-corrected chi connectivity index (χ1v) is 7.97. The largest absolute Gasteiger partial charge is 0.316 e. The fourth-order valence-electron chi connectivity index (χ4n) is 3.50. The zero-order valence-electron chi connectivity index (χ0n) is 12.8. The zero-order valence-corrected chi connectivity index (χ0v) is 12.8. The predicted molar refractivity (Wildman–Crippen MR) is 83.7 cm³/mol. The van der Waals surface area contributed by atoms with Gasteiger partial charge in [-0.15, -0.1) is 0 Å². The minimum atomic E-state index is 0.653. The Hall–Kier alpha value is -0.820. The van der Waals surface area contributed by atoms with Gasteiger partial charge in [-0.05, 0) is 55.7 Å². The summed E-state index contributed by atoms with van der Waals surface area (Å²) in [4.78, 5) is 0. The fourth-order valence-corrected chi connectivity index (χ4v) is 3.50. The molecule has 19 heavy (non-hydrogen) atoms. The minimum absolute atomic E-state index is 0.653. The van der Waals surface area contributed by atoms with E-state index in [4.69, 9.17) is 0 Å². The molecule has 0 heterocycles. The second-order valence-corrected chi connectivity index (χ2v) is 6.42. The predicted octanol–water partition coefficient (Wildman–Crippen LogP) is 4.52. The molecule has 106 valence electrons. The van der Waals surface area contributed by atoms with Gasteiger partial charge in [-0.1, -0.05) is 51.0 Å². The molecule has 0 fully saturated rings. The molecule has 1 aromatic carbocycles. The van der Waals surface area contributed by atoms with Gasteiger partial charge in [0.05, 0.1) is 0 Å². The van der Waals surface area contributed by atoms with Crippen LogP contribution < -0.4 is 5.32 Å². The average Bonchev–Trinajstić information content (AvgIpc) is 2.43. The van der Waals surface area contributed by atoms with Gasteiger partial charge >= 0.3 is 0 Å². The van der Waals surface area contributed by atoms with E-state index < -0.39 is 0 Å². The van der Waals surface area contributed by atoms with Crippen molar-refractivity contribution >= 4 is 0 Å². The van der Waals surface area contributed by atoms with Crippen LogP contribution in [0.25, 0.3) is 0 Å². The van der Waals surface area contributed by atoms with Crippen LogP contribution in [0.5, 0.6) is 0 Å². The Morgan fingerprint density at radius 3 is 2.74 bits per heavy atom. The van der Waals surface area contributed by atoms with E-state index in [2.05, 4.69) is 50.5 Å². The van der Waals surface area contributed by atoms with Crippen LogP contribution in [0.3, 0.4) is 0 Å². The van der Waals surface area contributed by atoms with Crippen LogP contribution in [0.1, 0.15) is 63.0 Å². The molecule has 1 heteroatoms. The van der Waals surface area contributed by atoms with E-state index in [0.717, 1.165) is 11.8 Å². The maximum absolute atomic E-state index is 3.59. The SMILES string of the molecule is CNC(CCCC(C)C)C1CCCc2ccccc21. The first kappa shape index (κ1) is 14.6. The minimum Gasteiger partial charge on any atom is -0.316 e. The zero-order chi connectivity index (χ0) is 13.7. The number of nitrogens with one attached hydrogen (secondary N) is 1. The number of benzene rings is 1. The van der Waals surface area contributed by atoms with Gasteiger partial charge in [0.2, 0.25) is 0 Å². The molecular formula is C18H29N. The number of hydrogen-bond acceptors (Lipinski definition) is 1. The van der Waals surface area contributed by atoms with Gasteiger partial charge in [-0.3, -0.25) is 0 Å². The van der Waals surface area contributed by atoms with E-state index >= 15 is 0 Å². The standard InChI is InChI=1S/C18H29N/c1-14(2)8-6-13-18(19-3)17-12-7-10-15-9-4-5-11-16(15)17/h4-5,9,11,14,17-19H,6-8,10,12-13H2,1-3H3. The lowest BCUT2D eigenvalue weighted by atomic mass is 9.77. The molecule has 0 radical (unpaired) electrons. The lowest BCUT2D eigenvalue weighted by Crippen LogP contribution is -2.34. The Morgan fingerprint density at radius 1 is 1.21 bits per heavy atom. The lowest BCUT2D eigenvalue weighted by Gasteiger charge is -2.32. The van der Waals surface area contributed by atoms with E-state index in [1.54, 1.807) is 11.1 Å². The van der Waals surface area contributed by atoms with Crippen molar-refractivity contribution in [2.45, 2.75) is 64.3 Å². The highest BCUT2D eigenvalue weighted by Gasteiger charge is 2.26. The van der Waals surface area contributed by atoms with Crippen molar-refractivity contribution in [3.8, 4) is 0 Å². The Bertz CT molecular complexity index is 383. The highest BCUT2D eigenvalue weighted by molar-refractivity contribution is 5.33. The topological polar surface area (TPSA) is 12.0 Å². The van der Waals surface area contributed by atoms with E-state index in [1.165, 1.54) is 38.5 Å². The Balaban J connectivity index is 2.03. The number of fused-ring (bicyclic) bond motifs is 1. The molecule has 0 bridgehead atoms. The number of hydrogen-bond donors (Lipinski definition) is 1. The van der Waals surface area contributed by atoms with Crippen molar-refractivity contribution in [1.82, 2.24) is 5.32 Å². The van der Waals surface area contributed by atoms with E-state index in [9.17, 15) is 0 Å². The maximum Gasteiger partial charge on any atom is 0.0133 e. The third-order valence-corrected chi connectivity index (χ3v) is 4.57. The normalized spacial score (nSPS) is 20.3. The van der Waals surface area contributed by atoms with Gasteiger partial charge in [0, 0.05) is 6.04 Å². The monoisotopic (exact) mass is 259 g/mol. The number of rotatable bonds is 6. The van der Waals surface area contributed by atoms with Crippen molar-refractivity contribution in [1.29, 1.82) is 0 Å². The van der Waals surface area contributed by atoms with Crippen LogP contribution in [0.4, 0.5) is 0 Å². The molecular weight excluding hydrogens is 230 g/mol. The quantitative estimate of drug-likeness (QED) is 0.792. The smallest absolute Gasteiger partial charge is 0.0133 e. The first-order valence-electron chi connectivity index (χ1n) is 7.97. The van der Waals surface area contributed by atoms with E-state index in [0.29, 0.717) is 6.04 Å². The molecule has 0 spiro atoms. The molecule has 1 aliphatic carbocycles. The summed E-state index contributed by atoms with van der Waals surface area (Å²) in [5.41, 5.74) is 3.19. The van der Waals surface area contributed by atoms with Gasteiger partial charge in [-0.2, -0.15) is 0 Å². The molecule has 1 aromatic rings. The van der Waals surface area contributed by atoms with Gasteiger partial charge in [0.1, 0.15) is 0 Å². The number of likely N-dealkylation sites (N-methyl/N-ethyl adjacent to an activating group) is 1. The lowest BCUT2D eigenvalue weighted by molar-refractivity contribution is 0.373. The molecule has 1 aliphatic rings. The highest BCUT2D eigenvalue weighted by Crippen LogP contribution is 2.35. The summed E-state index contributed by atoms with van der Waals surface area (Å²) in [7, 11) is 2.14. The third-order valence-electron chi connectivity index (χ3n) is 4.57. The van der Waals surface area contributed by atoms with Crippen molar-refractivity contribution < 1.29 is 0 Å². The summed E-state index contributed by atoms with van der Waals surface area (Å²) in [6.45, 7) is 4.65. The Kier molecular flexibility index (Phi) is 5.45. The Morgan fingerprint density at radius 2 is 2.00 bits per heavy atom. The fraction of sp³-hybridized carbons (Fsp3) is 0.667. The second-order valence-electron chi connectivity index (χ2n) is 6.42. The van der Waals surface area contributed by atoms with Crippen LogP contribution in [0, 0.1) is 5.92 Å². The maximum atomic E-state index is 3.59. The second kappa shape index (κ2) is 7.09. The van der Waals surface area contributed by atoms with Crippen LogP contribution in [-0.4, -0.2) is 13.1 Å². The van der Waals surface area contributed by atoms with Crippen molar-refractivity contribution in [3.63, 3.8) is 0 Å². The van der Waals surface area contributed by atoms with Crippen molar-refractivity contribution in [2.24, 2.45) is 5.92 Å². The first-order chi connectivity index (χ1) is 9.22. The Labute approximate surface area is 118 Å². The summed E-state index contributed by atoms with van der Waals surface area (Å²) in [6.07, 6.45) is 7.99. The molecule has 0 saturated heterocycles.